The maximum atomic E-state index is 14.0. The van der Waals surface area contributed by atoms with Crippen molar-refractivity contribution in [1.82, 2.24) is 0 Å². The van der Waals surface area contributed by atoms with E-state index in [4.69, 9.17) is 4.74 Å². The number of halogens is 1. The SMILES string of the molecule is COc1ccc2c(c1)CC[C@@H]1[C@@H]2CC[C@@]2(C)[C@H]1CC[C@]2(C)c1cccc(F)c1. The van der Waals surface area contributed by atoms with E-state index in [-0.39, 0.29) is 16.6 Å². The summed E-state index contributed by atoms with van der Waals surface area (Å²) in [7, 11) is 1.76. The average Bonchev–Trinajstić information content (AvgIpc) is 2.99. The number of ether oxygens (including phenoxy) is 1. The van der Waals surface area contributed by atoms with Gasteiger partial charge in [-0.1, -0.05) is 32.0 Å². The molecule has 0 unspecified atom stereocenters. The van der Waals surface area contributed by atoms with E-state index in [1.807, 2.05) is 6.07 Å². The smallest absolute Gasteiger partial charge is 0.123 e. The Morgan fingerprint density at radius 2 is 1.86 bits per heavy atom. The number of hydrogen-bond acceptors (Lipinski definition) is 1. The van der Waals surface area contributed by atoms with Crippen molar-refractivity contribution in [2.75, 3.05) is 7.11 Å². The van der Waals surface area contributed by atoms with Crippen molar-refractivity contribution in [3.63, 3.8) is 0 Å². The molecule has 2 aromatic carbocycles. The highest BCUT2D eigenvalue weighted by atomic mass is 19.1. The molecule has 0 aliphatic heterocycles. The van der Waals surface area contributed by atoms with Crippen molar-refractivity contribution in [3.05, 3.63) is 65.0 Å². The molecule has 2 aromatic rings. The maximum Gasteiger partial charge on any atom is 0.123 e. The highest BCUT2D eigenvalue weighted by Crippen LogP contribution is 2.67. The van der Waals surface area contributed by atoms with Crippen LogP contribution in [0.25, 0.3) is 0 Å². The first-order valence-electron chi connectivity index (χ1n) is 10.9. The van der Waals surface area contributed by atoms with Gasteiger partial charge in [0.25, 0.3) is 0 Å². The first-order chi connectivity index (χ1) is 13.5. The Hall–Kier alpha value is -1.83. The number of methoxy groups -OCH3 is 1. The summed E-state index contributed by atoms with van der Waals surface area (Å²) in [6, 6.07) is 14.1. The molecule has 0 N–H and O–H groups in total. The van der Waals surface area contributed by atoms with Gasteiger partial charge in [0.15, 0.2) is 0 Å². The van der Waals surface area contributed by atoms with Crippen molar-refractivity contribution in [1.29, 1.82) is 0 Å². The zero-order valence-corrected chi connectivity index (χ0v) is 17.3. The molecule has 2 heteroatoms. The molecule has 2 saturated carbocycles. The van der Waals surface area contributed by atoms with Gasteiger partial charge in [-0.3, -0.25) is 0 Å². The molecular weight excluding hydrogens is 347 g/mol. The van der Waals surface area contributed by atoms with Crippen LogP contribution in [0.1, 0.15) is 68.6 Å². The molecule has 0 amide bonds. The molecule has 3 aliphatic rings. The summed E-state index contributed by atoms with van der Waals surface area (Å²) in [4.78, 5) is 0. The summed E-state index contributed by atoms with van der Waals surface area (Å²) in [6.45, 7) is 4.92. The predicted octanol–water partition coefficient (Wildman–Crippen LogP) is 6.65. The normalized spacial score (nSPS) is 36.4. The molecule has 0 heterocycles. The van der Waals surface area contributed by atoms with E-state index in [1.54, 1.807) is 24.8 Å². The lowest BCUT2D eigenvalue weighted by molar-refractivity contribution is 0.0175. The van der Waals surface area contributed by atoms with E-state index in [9.17, 15) is 4.39 Å². The third-order valence-corrected chi connectivity index (χ3v) is 9.00. The Kier molecular flexibility index (Phi) is 4.12. The Bertz CT molecular complexity index is 905. The van der Waals surface area contributed by atoms with Crippen LogP contribution in [-0.2, 0) is 11.8 Å². The van der Waals surface area contributed by atoms with Gasteiger partial charge in [0.1, 0.15) is 11.6 Å². The Morgan fingerprint density at radius 1 is 1.00 bits per heavy atom. The van der Waals surface area contributed by atoms with Crippen molar-refractivity contribution in [2.45, 2.75) is 63.7 Å². The molecule has 5 rings (SSSR count). The van der Waals surface area contributed by atoms with Crippen LogP contribution in [0.4, 0.5) is 4.39 Å². The summed E-state index contributed by atoms with van der Waals surface area (Å²) in [5.74, 6) is 3.06. The van der Waals surface area contributed by atoms with Crippen LogP contribution < -0.4 is 4.74 Å². The molecule has 1 nitrogen and oxygen atoms in total. The molecule has 0 bridgehead atoms. The zero-order chi connectivity index (χ0) is 19.5. The fourth-order valence-corrected chi connectivity index (χ4v) is 7.26. The number of rotatable bonds is 2. The van der Waals surface area contributed by atoms with Gasteiger partial charge >= 0.3 is 0 Å². The minimum Gasteiger partial charge on any atom is -0.497 e. The quantitative estimate of drug-likeness (QED) is 0.568. The van der Waals surface area contributed by atoms with Crippen LogP contribution in [-0.4, -0.2) is 7.11 Å². The van der Waals surface area contributed by atoms with E-state index in [0.717, 1.165) is 24.0 Å². The molecule has 2 fully saturated rings. The van der Waals surface area contributed by atoms with Crippen LogP contribution in [0.15, 0.2) is 42.5 Å². The van der Waals surface area contributed by atoms with Gasteiger partial charge in [0.2, 0.25) is 0 Å². The minimum atomic E-state index is -0.0972. The Labute approximate surface area is 168 Å². The molecule has 148 valence electrons. The van der Waals surface area contributed by atoms with Gasteiger partial charge in [0.05, 0.1) is 7.11 Å². The van der Waals surface area contributed by atoms with E-state index in [1.165, 1.54) is 43.2 Å². The van der Waals surface area contributed by atoms with Crippen molar-refractivity contribution < 1.29 is 9.13 Å². The zero-order valence-electron chi connectivity index (χ0n) is 17.3. The number of fused-ring (bicyclic) bond motifs is 5. The summed E-state index contributed by atoms with van der Waals surface area (Å²) in [5.41, 5.74) is 4.60. The van der Waals surface area contributed by atoms with Crippen molar-refractivity contribution in [2.24, 2.45) is 17.3 Å². The number of benzene rings is 2. The second-order valence-corrected chi connectivity index (χ2v) is 9.82. The average molecular weight is 379 g/mol. The monoisotopic (exact) mass is 378 g/mol. The second kappa shape index (κ2) is 6.34. The van der Waals surface area contributed by atoms with Gasteiger partial charge in [-0.15, -0.1) is 0 Å². The van der Waals surface area contributed by atoms with Crippen LogP contribution in [0.2, 0.25) is 0 Å². The fraction of sp³-hybridized carbons (Fsp3) is 0.538. The second-order valence-electron chi connectivity index (χ2n) is 9.82. The topological polar surface area (TPSA) is 9.23 Å². The third kappa shape index (κ3) is 2.42. The van der Waals surface area contributed by atoms with Crippen molar-refractivity contribution in [3.8, 4) is 5.75 Å². The molecule has 28 heavy (non-hydrogen) atoms. The molecule has 0 radical (unpaired) electrons. The highest BCUT2D eigenvalue weighted by Gasteiger charge is 2.60. The van der Waals surface area contributed by atoms with E-state index in [0.29, 0.717) is 5.92 Å². The molecule has 0 spiro atoms. The lowest BCUT2D eigenvalue weighted by Crippen LogP contribution is -2.47. The Morgan fingerprint density at radius 3 is 2.64 bits per heavy atom. The number of aryl methyl sites for hydroxylation is 1. The summed E-state index contributed by atoms with van der Waals surface area (Å²) in [5, 5.41) is 0. The van der Waals surface area contributed by atoms with E-state index in [2.05, 4.69) is 38.1 Å². The maximum absolute atomic E-state index is 14.0. The van der Waals surface area contributed by atoms with Gasteiger partial charge in [-0.2, -0.15) is 0 Å². The third-order valence-electron chi connectivity index (χ3n) is 9.00. The predicted molar refractivity (Wildman–Crippen MR) is 111 cm³/mol. The largest absolute Gasteiger partial charge is 0.497 e. The van der Waals surface area contributed by atoms with Crippen LogP contribution >= 0.6 is 0 Å². The van der Waals surface area contributed by atoms with Gasteiger partial charge < -0.3 is 4.74 Å². The molecule has 0 saturated heterocycles. The van der Waals surface area contributed by atoms with Crippen LogP contribution in [0, 0.1) is 23.1 Å². The lowest BCUT2D eigenvalue weighted by Gasteiger charge is -2.54. The fourth-order valence-electron chi connectivity index (χ4n) is 7.26. The molecular formula is C26H31FO. The van der Waals surface area contributed by atoms with Gasteiger partial charge in [-0.25, -0.2) is 4.39 Å². The lowest BCUT2D eigenvalue weighted by atomic mass is 9.50. The highest BCUT2D eigenvalue weighted by molar-refractivity contribution is 5.41. The van der Waals surface area contributed by atoms with Crippen molar-refractivity contribution >= 4 is 0 Å². The standard InChI is InChI=1S/C26H31FO/c1-25(18-5-4-6-19(27)16-18)14-12-24-23-9-7-17-15-20(28-3)8-10-21(17)22(23)11-13-26(24,25)2/h4-6,8,10,15-16,22-24H,7,9,11-14H2,1-3H3/t22-,23-,24+,25-,26+/m1/s1. The Balaban J connectivity index is 1.50. The first kappa shape index (κ1) is 18.2. The van der Waals surface area contributed by atoms with E-state index >= 15 is 0 Å². The van der Waals surface area contributed by atoms with Gasteiger partial charge in [0, 0.05) is 0 Å². The number of hydrogen-bond donors (Lipinski definition) is 0. The summed E-state index contributed by atoms with van der Waals surface area (Å²) in [6.07, 6.45) is 7.38. The van der Waals surface area contributed by atoms with Crippen LogP contribution in [0.3, 0.4) is 0 Å². The minimum absolute atomic E-state index is 0.0743. The summed E-state index contributed by atoms with van der Waals surface area (Å²) >= 11 is 0. The van der Waals surface area contributed by atoms with Gasteiger partial charge in [-0.05, 0) is 108 Å². The van der Waals surface area contributed by atoms with E-state index < -0.39 is 0 Å². The molecule has 3 aliphatic carbocycles. The molecule has 0 aromatic heterocycles. The van der Waals surface area contributed by atoms with Crippen LogP contribution in [0.5, 0.6) is 5.75 Å². The molecule has 5 atom stereocenters. The summed E-state index contributed by atoms with van der Waals surface area (Å²) < 4.78 is 19.5. The first-order valence-corrected chi connectivity index (χ1v) is 10.9.